The number of hydrogen-bond acceptors (Lipinski definition) is 6. The molecule has 1 aromatic carbocycles. The average Bonchev–Trinajstić information content (AvgIpc) is 3.29. The van der Waals surface area contributed by atoms with E-state index in [9.17, 15) is 9.59 Å². The van der Waals surface area contributed by atoms with Crippen LogP contribution in [0.25, 0.3) is 0 Å². The predicted octanol–water partition coefficient (Wildman–Crippen LogP) is 0.721. The normalized spacial score (nSPS) is 13.4. The van der Waals surface area contributed by atoms with Crippen molar-refractivity contribution in [3.8, 4) is 11.5 Å². The van der Waals surface area contributed by atoms with Gasteiger partial charge in [-0.2, -0.15) is 0 Å². The molecular formula is C14H18N2O5. The van der Waals surface area contributed by atoms with Crippen LogP contribution >= 0.6 is 0 Å². The Morgan fingerprint density at radius 1 is 1.29 bits per heavy atom. The lowest BCUT2D eigenvalue weighted by Crippen LogP contribution is -2.30. The molecule has 7 nitrogen and oxygen atoms in total. The average molecular weight is 294 g/mol. The number of methoxy groups -OCH3 is 2. The first-order valence-corrected chi connectivity index (χ1v) is 6.53. The minimum atomic E-state index is -0.698. The van der Waals surface area contributed by atoms with Gasteiger partial charge in [0, 0.05) is 12.1 Å². The molecule has 1 amide bonds. The van der Waals surface area contributed by atoms with Crippen LogP contribution in [0, 0.1) is 0 Å². The van der Waals surface area contributed by atoms with Gasteiger partial charge in [0.25, 0.3) is 5.91 Å². The third kappa shape index (κ3) is 3.77. The molecule has 0 unspecified atom stereocenters. The van der Waals surface area contributed by atoms with Crippen LogP contribution in [0.15, 0.2) is 12.1 Å². The molecule has 114 valence electrons. The number of anilines is 1. The van der Waals surface area contributed by atoms with Gasteiger partial charge in [-0.15, -0.1) is 0 Å². The van der Waals surface area contributed by atoms with Gasteiger partial charge in [0.2, 0.25) is 0 Å². The molecule has 0 radical (unpaired) electrons. The van der Waals surface area contributed by atoms with E-state index in [1.807, 2.05) is 0 Å². The summed E-state index contributed by atoms with van der Waals surface area (Å²) in [6.45, 7) is -0.339. The van der Waals surface area contributed by atoms with E-state index in [2.05, 4.69) is 5.32 Å². The van der Waals surface area contributed by atoms with Gasteiger partial charge in [0.05, 0.1) is 25.5 Å². The number of esters is 1. The molecule has 7 heteroatoms. The van der Waals surface area contributed by atoms with Crippen molar-refractivity contribution < 1.29 is 23.8 Å². The Hall–Kier alpha value is -2.44. The van der Waals surface area contributed by atoms with Crippen LogP contribution in [0.5, 0.6) is 11.5 Å². The molecule has 0 saturated heterocycles. The van der Waals surface area contributed by atoms with Crippen molar-refractivity contribution in [2.24, 2.45) is 0 Å². The van der Waals surface area contributed by atoms with Crippen molar-refractivity contribution in [3.05, 3.63) is 17.7 Å². The summed E-state index contributed by atoms with van der Waals surface area (Å²) >= 11 is 0. The Kier molecular flexibility index (Phi) is 4.52. The largest absolute Gasteiger partial charge is 0.497 e. The van der Waals surface area contributed by atoms with Crippen molar-refractivity contribution in [1.29, 1.82) is 0 Å². The molecule has 1 aliphatic rings. The zero-order chi connectivity index (χ0) is 15.4. The highest BCUT2D eigenvalue weighted by molar-refractivity contribution is 5.98. The number of carbonyl (C=O) groups is 2. The summed E-state index contributed by atoms with van der Waals surface area (Å²) in [6.07, 6.45) is 1.94. The van der Waals surface area contributed by atoms with Gasteiger partial charge in [0.15, 0.2) is 6.61 Å². The van der Waals surface area contributed by atoms with E-state index in [1.165, 1.54) is 20.3 Å². The first kappa shape index (κ1) is 15.0. The van der Waals surface area contributed by atoms with Crippen molar-refractivity contribution >= 4 is 17.6 Å². The van der Waals surface area contributed by atoms with Crippen LogP contribution in [-0.2, 0) is 9.53 Å². The van der Waals surface area contributed by atoms with Crippen LogP contribution in [0.4, 0.5) is 5.69 Å². The van der Waals surface area contributed by atoms with E-state index in [-0.39, 0.29) is 29.8 Å². The molecule has 1 aliphatic carbocycles. The summed E-state index contributed by atoms with van der Waals surface area (Å²) < 4.78 is 15.1. The predicted molar refractivity (Wildman–Crippen MR) is 75.4 cm³/mol. The summed E-state index contributed by atoms with van der Waals surface area (Å²) in [5, 5.41) is 2.72. The number of nitrogens with one attached hydrogen (secondary N) is 1. The number of rotatable bonds is 6. The van der Waals surface area contributed by atoms with Crippen LogP contribution in [0.2, 0.25) is 0 Å². The molecule has 1 aromatic rings. The number of hydrogen-bond donors (Lipinski definition) is 2. The van der Waals surface area contributed by atoms with Gasteiger partial charge in [-0.3, -0.25) is 4.79 Å². The standard InChI is InChI=1S/C14H18N2O5/c1-19-9-5-10(13(15)11(6-9)20-2)14(18)21-7-12(17)16-8-3-4-8/h5-6,8H,3-4,7,15H2,1-2H3,(H,16,17). The number of carbonyl (C=O) groups excluding carboxylic acids is 2. The topological polar surface area (TPSA) is 99.9 Å². The number of nitrogen functional groups attached to an aromatic ring is 1. The number of amides is 1. The minimum absolute atomic E-state index is 0.102. The van der Waals surface area contributed by atoms with Crippen molar-refractivity contribution in [1.82, 2.24) is 5.32 Å². The number of ether oxygens (including phenoxy) is 3. The Balaban J connectivity index is 2.04. The maximum atomic E-state index is 12.0. The van der Waals surface area contributed by atoms with E-state index in [0.29, 0.717) is 11.5 Å². The van der Waals surface area contributed by atoms with E-state index >= 15 is 0 Å². The first-order chi connectivity index (χ1) is 10.0. The second kappa shape index (κ2) is 6.34. The fraction of sp³-hybridized carbons (Fsp3) is 0.429. The van der Waals surface area contributed by atoms with Crippen molar-refractivity contribution in [3.63, 3.8) is 0 Å². The molecule has 3 N–H and O–H groups in total. The van der Waals surface area contributed by atoms with Crippen LogP contribution in [-0.4, -0.2) is 38.7 Å². The van der Waals surface area contributed by atoms with Crippen molar-refractivity contribution in [2.75, 3.05) is 26.6 Å². The van der Waals surface area contributed by atoms with E-state index in [0.717, 1.165) is 12.8 Å². The number of benzene rings is 1. The SMILES string of the molecule is COc1cc(OC)c(N)c(C(=O)OCC(=O)NC2CC2)c1. The Morgan fingerprint density at radius 3 is 2.57 bits per heavy atom. The highest BCUT2D eigenvalue weighted by atomic mass is 16.5. The molecule has 0 heterocycles. The van der Waals surface area contributed by atoms with Crippen LogP contribution in [0.3, 0.4) is 0 Å². The first-order valence-electron chi connectivity index (χ1n) is 6.53. The summed E-state index contributed by atoms with van der Waals surface area (Å²) in [6, 6.07) is 3.23. The van der Waals surface area contributed by atoms with Crippen LogP contribution < -0.4 is 20.5 Å². The zero-order valence-electron chi connectivity index (χ0n) is 12.0. The molecule has 0 aromatic heterocycles. The highest BCUT2D eigenvalue weighted by Crippen LogP contribution is 2.31. The van der Waals surface area contributed by atoms with Gasteiger partial charge >= 0.3 is 5.97 Å². The molecule has 0 aliphatic heterocycles. The minimum Gasteiger partial charge on any atom is -0.497 e. The number of nitrogens with two attached hydrogens (primary N) is 1. The smallest absolute Gasteiger partial charge is 0.341 e. The van der Waals surface area contributed by atoms with Gasteiger partial charge in [0.1, 0.15) is 11.5 Å². The lowest BCUT2D eigenvalue weighted by atomic mass is 10.1. The Bertz CT molecular complexity index is 555. The van der Waals surface area contributed by atoms with Gasteiger partial charge in [-0.25, -0.2) is 4.79 Å². The lowest BCUT2D eigenvalue weighted by Gasteiger charge is -2.12. The van der Waals surface area contributed by atoms with E-state index in [1.54, 1.807) is 6.07 Å². The highest BCUT2D eigenvalue weighted by Gasteiger charge is 2.24. The Labute approximate surface area is 122 Å². The van der Waals surface area contributed by atoms with Crippen molar-refractivity contribution in [2.45, 2.75) is 18.9 Å². The lowest BCUT2D eigenvalue weighted by molar-refractivity contribution is -0.124. The molecule has 0 spiro atoms. The second-order valence-electron chi connectivity index (χ2n) is 4.71. The molecule has 2 rings (SSSR count). The second-order valence-corrected chi connectivity index (χ2v) is 4.71. The van der Waals surface area contributed by atoms with Gasteiger partial charge < -0.3 is 25.3 Å². The molecule has 0 bridgehead atoms. The molecular weight excluding hydrogens is 276 g/mol. The summed E-state index contributed by atoms with van der Waals surface area (Å²) in [5.41, 5.74) is 6.08. The van der Waals surface area contributed by atoms with E-state index < -0.39 is 5.97 Å². The third-order valence-corrected chi connectivity index (χ3v) is 3.07. The maximum Gasteiger partial charge on any atom is 0.341 e. The van der Waals surface area contributed by atoms with Gasteiger partial charge in [-0.1, -0.05) is 0 Å². The molecule has 0 atom stereocenters. The van der Waals surface area contributed by atoms with Gasteiger partial charge in [-0.05, 0) is 18.9 Å². The van der Waals surface area contributed by atoms with Crippen LogP contribution in [0.1, 0.15) is 23.2 Å². The summed E-state index contributed by atoms with van der Waals surface area (Å²) in [4.78, 5) is 23.5. The fourth-order valence-corrected chi connectivity index (χ4v) is 1.76. The molecule has 21 heavy (non-hydrogen) atoms. The maximum absolute atomic E-state index is 12.0. The fourth-order valence-electron chi connectivity index (χ4n) is 1.76. The van der Waals surface area contributed by atoms with E-state index in [4.69, 9.17) is 19.9 Å². The zero-order valence-corrected chi connectivity index (χ0v) is 12.0. The molecule has 1 fully saturated rings. The summed E-state index contributed by atoms with van der Waals surface area (Å²) in [5.74, 6) is -0.297. The Morgan fingerprint density at radius 2 is 2.00 bits per heavy atom. The summed E-state index contributed by atoms with van der Waals surface area (Å²) in [7, 11) is 2.90. The third-order valence-electron chi connectivity index (χ3n) is 3.07. The monoisotopic (exact) mass is 294 g/mol. The quantitative estimate of drug-likeness (QED) is 0.592. The molecule has 1 saturated carbocycles.